The summed E-state index contributed by atoms with van der Waals surface area (Å²) >= 11 is 1.24. The van der Waals surface area contributed by atoms with E-state index in [2.05, 4.69) is 20.8 Å². The lowest BCUT2D eigenvalue weighted by molar-refractivity contribution is -0.781. The third kappa shape index (κ3) is 4.80. The van der Waals surface area contributed by atoms with Gasteiger partial charge in [-0.25, -0.2) is 9.59 Å². The van der Waals surface area contributed by atoms with Gasteiger partial charge in [-0.15, -0.1) is 5.10 Å². The molecule has 1 aromatic heterocycles. The second-order valence-electron chi connectivity index (χ2n) is 9.15. The van der Waals surface area contributed by atoms with E-state index in [0.29, 0.717) is 23.1 Å². The van der Waals surface area contributed by atoms with Crippen molar-refractivity contribution in [1.82, 2.24) is 20.2 Å². The number of methoxy groups -OCH3 is 1. The molecule has 1 saturated heterocycles. The predicted molar refractivity (Wildman–Crippen MR) is 146 cm³/mol. The molecule has 2 atom stereocenters. The molecular formula is C28H29N6O3S+. The fourth-order valence-corrected chi connectivity index (χ4v) is 5.85. The zero-order valence-electron chi connectivity index (χ0n) is 21.3. The van der Waals surface area contributed by atoms with Gasteiger partial charge < -0.3 is 4.74 Å². The first kappa shape index (κ1) is 25.6. The summed E-state index contributed by atoms with van der Waals surface area (Å²) in [6.07, 6.45) is 1.58. The lowest BCUT2D eigenvalue weighted by atomic mass is 10.0. The van der Waals surface area contributed by atoms with E-state index in [1.807, 2.05) is 85.8 Å². The summed E-state index contributed by atoms with van der Waals surface area (Å²) in [6, 6.07) is 24.3. The number of likely N-dealkylation sites (tertiary alicyclic amines) is 1. The lowest BCUT2D eigenvalue weighted by Crippen LogP contribution is -2.61. The molecule has 3 amide bonds. The first-order valence-electron chi connectivity index (χ1n) is 12.5. The Labute approximate surface area is 225 Å². The molecule has 0 spiro atoms. The number of amides is 3. The summed E-state index contributed by atoms with van der Waals surface area (Å²) in [5, 5.41) is 15.5. The summed E-state index contributed by atoms with van der Waals surface area (Å²) < 4.78 is 6.88. The van der Waals surface area contributed by atoms with E-state index >= 15 is 0 Å². The van der Waals surface area contributed by atoms with E-state index in [1.165, 1.54) is 11.8 Å². The number of hydrogen-bond donors (Lipinski definition) is 1. The van der Waals surface area contributed by atoms with Crippen molar-refractivity contribution in [3.8, 4) is 22.6 Å². The highest BCUT2D eigenvalue weighted by Crippen LogP contribution is 2.37. The standard InChI is InChI=1S/C28H28N6O3S/c1-20-11-10-18-34(20,26(35)19-38-27-30-31-32-33(27)21-12-4-3-5-13-21)28(36)29-24-16-8-6-14-22(24)23-15-7-9-17-25(23)37-2/h3-9,12-17,20H,10-11,18-19H2,1-2H3/p+1/t20-,34?/m1/s1. The third-order valence-electron chi connectivity index (χ3n) is 7.02. The summed E-state index contributed by atoms with van der Waals surface area (Å²) in [4.78, 5) is 27.7. The van der Waals surface area contributed by atoms with Crippen LogP contribution in [-0.2, 0) is 4.79 Å². The fourth-order valence-electron chi connectivity index (χ4n) is 5.01. The van der Waals surface area contributed by atoms with Crippen molar-refractivity contribution >= 4 is 29.4 Å². The van der Waals surface area contributed by atoms with Gasteiger partial charge in [0.15, 0.2) is 0 Å². The molecule has 5 rings (SSSR count). The van der Waals surface area contributed by atoms with Crippen LogP contribution in [-0.4, -0.2) is 62.1 Å². The number of aromatic nitrogens is 4. The number of carbonyl (C=O) groups is 2. The van der Waals surface area contributed by atoms with Crippen LogP contribution < -0.4 is 10.1 Å². The van der Waals surface area contributed by atoms with Gasteiger partial charge >= 0.3 is 11.9 Å². The number of rotatable bonds is 7. The van der Waals surface area contributed by atoms with Crippen LogP contribution in [0.3, 0.4) is 0 Å². The number of carbonyl (C=O) groups excluding carboxylic acids is 2. The number of quaternary nitrogens is 1. The molecule has 194 valence electrons. The Morgan fingerprint density at radius 1 is 1.03 bits per heavy atom. The van der Waals surface area contributed by atoms with E-state index in [0.717, 1.165) is 29.7 Å². The molecule has 0 bridgehead atoms. The predicted octanol–water partition coefficient (Wildman–Crippen LogP) is 5.19. The van der Waals surface area contributed by atoms with E-state index in [1.54, 1.807) is 11.8 Å². The monoisotopic (exact) mass is 529 g/mol. The Hall–Kier alpha value is -4.02. The minimum absolute atomic E-state index is 0.0686. The number of tetrazole rings is 1. The molecule has 1 aliphatic rings. The van der Waals surface area contributed by atoms with Crippen LogP contribution in [0.2, 0.25) is 0 Å². The van der Waals surface area contributed by atoms with Crippen LogP contribution in [0.25, 0.3) is 16.8 Å². The molecule has 3 aromatic carbocycles. The van der Waals surface area contributed by atoms with Gasteiger partial charge in [0.1, 0.15) is 17.5 Å². The second-order valence-corrected chi connectivity index (χ2v) is 10.1. The molecular weight excluding hydrogens is 500 g/mol. The van der Waals surface area contributed by atoms with Crippen LogP contribution in [0.15, 0.2) is 84.0 Å². The van der Waals surface area contributed by atoms with E-state index in [9.17, 15) is 9.59 Å². The number of ether oxygens (including phenoxy) is 1. The Morgan fingerprint density at radius 3 is 2.47 bits per heavy atom. The first-order valence-corrected chi connectivity index (χ1v) is 13.4. The van der Waals surface area contributed by atoms with Crippen LogP contribution in [0, 0.1) is 0 Å². The molecule has 0 radical (unpaired) electrons. The van der Waals surface area contributed by atoms with Crippen molar-refractivity contribution in [3.05, 3.63) is 78.9 Å². The Balaban J connectivity index is 1.39. The maximum atomic E-state index is 13.9. The summed E-state index contributed by atoms with van der Waals surface area (Å²) in [5.41, 5.74) is 3.12. The summed E-state index contributed by atoms with van der Waals surface area (Å²) in [5.74, 6) is 0.602. The van der Waals surface area contributed by atoms with Gasteiger partial charge in [0.25, 0.3) is 0 Å². The van der Waals surface area contributed by atoms with Gasteiger partial charge in [-0.1, -0.05) is 66.4 Å². The minimum Gasteiger partial charge on any atom is -0.496 e. The highest BCUT2D eigenvalue weighted by molar-refractivity contribution is 7.99. The average molecular weight is 530 g/mol. The number of nitrogens with zero attached hydrogens (tertiary/aromatic N) is 5. The zero-order valence-corrected chi connectivity index (χ0v) is 22.1. The fraction of sp³-hybridized carbons (Fsp3) is 0.250. The number of nitrogens with one attached hydrogen (secondary N) is 1. The summed E-state index contributed by atoms with van der Waals surface area (Å²) in [7, 11) is 1.62. The van der Waals surface area contributed by atoms with E-state index in [4.69, 9.17) is 4.74 Å². The number of imide groups is 1. The number of para-hydroxylation sites is 3. The lowest BCUT2D eigenvalue weighted by Gasteiger charge is -2.33. The molecule has 38 heavy (non-hydrogen) atoms. The number of hydrogen-bond acceptors (Lipinski definition) is 7. The van der Waals surface area contributed by atoms with Gasteiger partial charge in [-0.05, 0) is 41.6 Å². The zero-order chi connectivity index (χ0) is 26.5. The van der Waals surface area contributed by atoms with Crippen molar-refractivity contribution in [3.63, 3.8) is 0 Å². The molecule has 1 aliphatic heterocycles. The van der Waals surface area contributed by atoms with Gasteiger partial charge in [0.2, 0.25) is 5.16 Å². The van der Waals surface area contributed by atoms with Crippen LogP contribution >= 0.6 is 11.8 Å². The number of urea groups is 1. The molecule has 1 unspecified atom stereocenters. The Kier molecular flexibility index (Phi) is 7.52. The topological polar surface area (TPSA) is 99.0 Å². The van der Waals surface area contributed by atoms with Gasteiger partial charge in [0, 0.05) is 24.0 Å². The largest absolute Gasteiger partial charge is 0.496 e. The average Bonchev–Trinajstić information content (AvgIpc) is 3.59. The molecule has 4 aromatic rings. The molecule has 1 N–H and O–H groups in total. The van der Waals surface area contributed by atoms with Crippen LogP contribution in [0.1, 0.15) is 19.8 Å². The molecule has 0 saturated carbocycles. The van der Waals surface area contributed by atoms with Gasteiger partial charge in [-0.2, -0.15) is 9.16 Å². The smallest absolute Gasteiger partial charge is 0.428 e. The van der Waals surface area contributed by atoms with Crippen LogP contribution in [0.4, 0.5) is 10.5 Å². The Morgan fingerprint density at radius 2 is 1.74 bits per heavy atom. The van der Waals surface area contributed by atoms with E-state index < -0.39 is 0 Å². The molecule has 0 aliphatic carbocycles. The van der Waals surface area contributed by atoms with Crippen molar-refractivity contribution in [2.75, 3.05) is 24.7 Å². The second kappa shape index (κ2) is 11.2. The number of anilines is 1. The molecule has 9 nitrogen and oxygen atoms in total. The van der Waals surface area contributed by atoms with Crippen molar-refractivity contribution in [2.45, 2.75) is 31.0 Å². The minimum atomic E-state index is -0.328. The maximum absolute atomic E-state index is 13.9. The van der Waals surface area contributed by atoms with Gasteiger partial charge in [0.05, 0.1) is 25.0 Å². The SMILES string of the molecule is COc1ccccc1-c1ccccc1NC(=O)[N+]1(C(=O)CSc2nnnn2-c2ccccc2)CCC[C@H]1C. The number of thioether (sulfide) groups is 1. The maximum Gasteiger partial charge on any atom is 0.428 e. The van der Waals surface area contributed by atoms with Gasteiger partial charge in [-0.3, -0.25) is 5.32 Å². The molecule has 2 heterocycles. The molecule has 10 heteroatoms. The van der Waals surface area contributed by atoms with Crippen LogP contribution in [0.5, 0.6) is 5.75 Å². The quantitative estimate of drug-likeness (QED) is 0.260. The molecule has 1 fully saturated rings. The van der Waals surface area contributed by atoms with Crippen molar-refractivity contribution in [2.24, 2.45) is 0 Å². The first-order chi connectivity index (χ1) is 18.5. The summed E-state index contributed by atoms with van der Waals surface area (Å²) in [6.45, 7) is 2.42. The normalized spacial score (nSPS) is 18.7. The van der Waals surface area contributed by atoms with E-state index in [-0.39, 0.29) is 28.2 Å². The highest BCUT2D eigenvalue weighted by Gasteiger charge is 2.52. The van der Waals surface area contributed by atoms with Crippen molar-refractivity contribution < 1.29 is 18.8 Å². The Bertz CT molecular complexity index is 1440. The number of benzene rings is 3. The van der Waals surface area contributed by atoms with Crippen molar-refractivity contribution in [1.29, 1.82) is 0 Å². The highest BCUT2D eigenvalue weighted by atomic mass is 32.2. The third-order valence-corrected chi connectivity index (χ3v) is 7.93.